The summed E-state index contributed by atoms with van der Waals surface area (Å²) >= 11 is 0. The Balaban J connectivity index is 1.93. The van der Waals surface area contributed by atoms with Crippen molar-refractivity contribution in [3.63, 3.8) is 0 Å². The van der Waals surface area contributed by atoms with Crippen molar-refractivity contribution < 1.29 is 9.66 Å². The van der Waals surface area contributed by atoms with Gasteiger partial charge in [0.15, 0.2) is 0 Å². The number of benzene rings is 2. The molecule has 0 bridgehead atoms. The van der Waals surface area contributed by atoms with Crippen molar-refractivity contribution >= 4 is 5.69 Å². The zero-order chi connectivity index (χ0) is 15.2. The van der Waals surface area contributed by atoms with Crippen molar-refractivity contribution in [3.05, 3.63) is 69.3 Å². The fourth-order valence-corrected chi connectivity index (χ4v) is 2.18. The molecule has 0 aromatic heterocycles. The number of ether oxygens (including phenoxy) is 1. The van der Waals surface area contributed by atoms with E-state index in [0.717, 1.165) is 22.4 Å². The molecule has 0 aliphatic carbocycles. The van der Waals surface area contributed by atoms with E-state index in [2.05, 4.69) is 11.4 Å². The van der Waals surface area contributed by atoms with E-state index in [1.165, 1.54) is 6.07 Å². The van der Waals surface area contributed by atoms with Gasteiger partial charge in [0, 0.05) is 25.2 Å². The van der Waals surface area contributed by atoms with Crippen LogP contribution in [0.4, 0.5) is 5.69 Å². The van der Waals surface area contributed by atoms with Gasteiger partial charge in [-0.1, -0.05) is 24.3 Å². The Morgan fingerprint density at radius 3 is 2.48 bits per heavy atom. The number of nitrogens with zero attached hydrogens (tertiary/aromatic N) is 1. The number of methoxy groups -OCH3 is 1. The molecular formula is C16H18N2O3. The molecule has 21 heavy (non-hydrogen) atoms. The maximum absolute atomic E-state index is 10.7. The Morgan fingerprint density at radius 2 is 1.86 bits per heavy atom. The summed E-state index contributed by atoms with van der Waals surface area (Å²) < 4.78 is 5.23. The first-order valence-corrected chi connectivity index (χ1v) is 6.67. The largest absolute Gasteiger partial charge is 0.496 e. The molecular weight excluding hydrogens is 268 g/mol. The molecule has 1 N–H and O–H groups in total. The van der Waals surface area contributed by atoms with Gasteiger partial charge in [0.05, 0.1) is 12.0 Å². The van der Waals surface area contributed by atoms with E-state index in [9.17, 15) is 10.1 Å². The zero-order valence-electron chi connectivity index (χ0n) is 12.1. The van der Waals surface area contributed by atoms with E-state index in [1.54, 1.807) is 19.2 Å². The van der Waals surface area contributed by atoms with Crippen LogP contribution in [0.25, 0.3) is 0 Å². The van der Waals surface area contributed by atoms with E-state index in [1.807, 2.05) is 25.1 Å². The van der Waals surface area contributed by atoms with Gasteiger partial charge in [-0.05, 0) is 29.7 Å². The highest BCUT2D eigenvalue weighted by Crippen LogP contribution is 2.18. The summed E-state index contributed by atoms with van der Waals surface area (Å²) in [5.41, 5.74) is 3.26. The van der Waals surface area contributed by atoms with Crippen LogP contribution in [0, 0.1) is 17.0 Å². The minimum atomic E-state index is -0.379. The van der Waals surface area contributed by atoms with Crippen LogP contribution in [-0.2, 0) is 13.1 Å². The number of nitro benzene ring substituents is 1. The van der Waals surface area contributed by atoms with Gasteiger partial charge in [-0.2, -0.15) is 0 Å². The highest BCUT2D eigenvalue weighted by atomic mass is 16.6. The lowest BCUT2D eigenvalue weighted by Crippen LogP contribution is -2.12. The van der Waals surface area contributed by atoms with Crippen molar-refractivity contribution in [3.8, 4) is 5.75 Å². The topological polar surface area (TPSA) is 64.4 Å². The average Bonchev–Trinajstić information content (AvgIpc) is 2.48. The van der Waals surface area contributed by atoms with Crippen LogP contribution in [0.1, 0.15) is 16.7 Å². The number of hydrogen-bond donors (Lipinski definition) is 1. The maximum atomic E-state index is 10.7. The average molecular weight is 286 g/mol. The van der Waals surface area contributed by atoms with Gasteiger partial charge >= 0.3 is 0 Å². The van der Waals surface area contributed by atoms with Crippen LogP contribution in [0.2, 0.25) is 0 Å². The van der Waals surface area contributed by atoms with Gasteiger partial charge in [-0.3, -0.25) is 10.1 Å². The summed E-state index contributed by atoms with van der Waals surface area (Å²) in [7, 11) is 1.66. The lowest BCUT2D eigenvalue weighted by molar-refractivity contribution is -0.384. The molecule has 2 aromatic carbocycles. The van der Waals surface area contributed by atoms with Crippen molar-refractivity contribution in [1.29, 1.82) is 0 Å². The van der Waals surface area contributed by atoms with E-state index >= 15 is 0 Å². The number of aryl methyl sites for hydroxylation is 1. The van der Waals surface area contributed by atoms with Gasteiger partial charge in [-0.15, -0.1) is 0 Å². The molecule has 0 saturated carbocycles. The van der Waals surface area contributed by atoms with Crippen LogP contribution in [0.3, 0.4) is 0 Å². The molecule has 0 saturated heterocycles. The van der Waals surface area contributed by atoms with Gasteiger partial charge in [0.2, 0.25) is 0 Å². The third-order valence-electron chi connectivity index (χ3n) is 3.24. The fraction of sp³-hybridized carbons (Fsp3) is 0.250. The van der Waals surface area contributed by atoms with Gasteiger partial charge in [0.25, 0.3) is 5.69 Å². The third-order valence-corrected chi connectivity index (χ3v) is 3.24. The van der Waals surface area contributed by atoms with Crippen LogP contribution in [-0.4, -0.2) is 12.0 Å². The Kier molecular flexibility index (Phi) is 4.90. The van der Waals surface area contributed by atoms with Crippen molar-refractivity contribution in [2.75, 3.05) is 7.11 Å². The Hall–Kier alpha value is -2.40. The SMILES string of the molecule is COc1ccc(CNCc2cccc([N+](=O)[O-])c2)cc1C. The second kappa shape index (κ2) is 6.85. The van der Waals surface area contributed by atoms with Crippen LogP contribution < -0.4 is 10.1 Å². The summed E-state index contributed by atoms with van der Waals surface area (Å²) in [5, 5.41) is 14.0. The molecule has 0 unspecified atom stereocenters. The molecule has 0 amide bonds. The highest BCUT2D eigenvalue weighted by Gasteiger charge is 2.05. The van der Waals surface area contributed by atoms with Crippen molar-refractivity contribution in [2.45, 2.75) is 20.0 Å². The molecule has 2 aromatic rings. The Bertz CT molecular complexity index is 641. The van der Waals surface area contributed by atoms with E-state index in [-0.39, 0.29) is 10.6 Å². The predicted molar refractivity (Wildman–Crippen MR) is 81.4 cm³/mol. The molecule has 0 spiro atoms. The molecule has 0 radical (unpaired) electrons. The van der Waals surface area contributed by atoms with Crippen LogP contribution in [0.15, 0.2) is 42.5 Å². The lowest BCUT2D eigenvalue weighted by atomic mass is 10.1. The molecule has 5 nitrogen and oxygen atoms in total. The van der Waals surface area contributed by atoms with Crippen molar-refractivity contribution in [2.24, 2.45) is 0 Å². The molecule has 0 aliphatic rings. The van der Waals surface area contributed by atoms with E-state index < -0.39 is 0 Å². The summed E-state index contributed by atoms with van der Waals surface area (Å²) in [4.78, 5) is 10.3. The standard InChI is InChI=1S/C16H18N2O3/c1-12-8-14(6-7-16(12)21-2)11-17-10-13-4-3-5-15(9-13)18(19)20/h3-9,17H,10-11H2,1-2H3. The molecule has 0 heterocycles. The van der Waals surface area contributed by atoms with Gasteiger partial charge in [-0.25, -0.2) is 0 Å². The van der Waals surface area contributed by atoms with Crippen LogP contribution in [0.5, 0.6) is 5.75 Å². The first kappa shape index (κ1) is 15.0. The Morgan fingerprint density at radius 1 is 1.14 bits per heavy atom. The number of nitrogens with one attached hydrogen (secondary N) is 1. The lowest BCUT2D eigenvalue weighted by Gasteiger charge is -2.09. The molecule has 0 fully saturated rings. The predicted octanol–water partition coefficient (Wildman–Crippen LogP) is 3.20. The van der Waals surface area contributed by atoms with E-state index in [0.29, 0.717) is 13.1 Å². The van der Waals surface area contributed by atoms with Gasteiger partial charge < -0.3 is 10.1 Å². The third kappa shape index (κ3) is 4.03. The number of rotatable bonds is 6. The molecule has 0 atom stereocenters. The number of non-ortho nitro benzene ring substituents is 1. The molecule has 2 rings (SSSR count). The first-order chi connectivity index (χ1) is 10.1. The zero-order valence-corrected chi connectivity index (χ0v) is 12.1. The summed E-state index contributed by atoms with van der Waals surface area (Å²) in [6.45, 7) is 3.29. The quantitative estimate of drug-likeness (QED) is 0.654. The highest BCUT2D eigenvalue weighted by molar-refractivity contribution is 5.36. The summed E-state index contributed by atoms with van der Waals surface area (Å²) in [6.07, 6.45) is 0. The normalized spacial score (nSPS) is 10.4. The first-order valence-electron chi connectivity index (χ1n) is 6.67. The fourth-order valence-electron chi connectivity index (χ4n) is 2.18. The smallest absolute Gasteiger partial charge is 0.269 e. The molecule has 5 heteroatoms. The number of hydrogen-bond acceptors (Lipinski definition) is 4. The second-order valence-electron chi connectivity index (χ2n) is 4.83. The number of nitro groups is 1. The monoisotopic (exact) mass is 286 g/mol. The van der Waals surface area contributed by atoms with E-state index in [4.69, 9.17) is 4.74 Å². The summed E-state index contributed by atoms with van der Waals surface area (Å²) in [5.74, 6) is 0.873. The summed E-state index contributed by atoms with van der Waals surface area (Å²) in [6, 6.07) is 12.7. The minimum absolute atomic E-state index is 0.120. The minimum Gasteiger partial charge on any atom is -0.496 e. The molecule has 0 aliphatic heterocycles. The van der Waals surface area contributed by atoms with Gasteiger partial charge in [0.1, 0.15) is 5.75 Å². The Labute approximate surface area is 123 Å². The second-order valence-corrected chi connectivity index (χ2v) is 4.83. The maximum Gasteiger partial charge on any atom is 0.269 e. The van der Waals surface area contributed by atoms with Crippen molar-refractivity contribution in [1.82, 2.24) is 5.32 Å². The van der Waals surface area contributed by atoms with Crippen LogP contribution >= 0.6 is 0 Å². The molecule has 110 valence electrons.